The van der Waals surface area contributed by atoms with Gasteiger partial charge in [0.05, 0.1) is 30.4 Å². The topological polar surface area (TPSA) is 64.9 Å². The van der Waals surface area contributed by atoms with Crippen molar-refractivity contribution in [3.8, 4) is 5.75 Å². The first-order valence-corrected chi connectivity index (χ1v) is 12.3. The van der Waals surface area contributed by atoms with Crippen LogP contribution in [0.3, 0.4) is 0 Å². The molecule has 1 aromatic carbocycles. The lowest BCUT2D eigenvalue weighted by molar-refractivity contribution is -0.137. The minimum Gasteiger partial charge on any atom is -0.492 e. The van der Waals surface area contributed by atoms with Crippen LogP contribution >= 0.6 is 11.3 Å². The number of thiazole rings is 1. The van der Waals surface area contributed by atoms with Crippen LogP contribution in [-0.2, 0) is 22.9 Å². The highest BCUT2D eigenvalue weighted by Gasteiger charge is 2.32. The van der Waals surface area contributed by atoms with E-state index in [2.05, 4.69) is 31.1 Å². The van der Waals surface area contributed by atoms with E-state index in [-0.39, 0.29) is 28.7 Å². The molecule has 6 nitrogen and oxygen atoms in total. The number of halogens is 3. The van der Waals surface area contributed by atoms with Crippen molar-refractivity contribution in [3.05, 3.63) is 45.2 Å². The fraction of sp³-hybridized carbons (Fsp3) is 0.583. The summed E-state index contributed by atoms with van der Waals surface area (Å²) in [7, 11) is 0. The molecule has 0 aliphatic carbocycles. The Morgan fingerprint density at radius 1 is 1.29 bits per heavy atom. The number of ether oxygens (including phenoxy) is 2. The van der Waals surface area contributed by atoms with Gasteiger partial charge in [-0.2, -0.15) is 18.2 Å². The van der Waals surface area contributed by atoms with Crippen LogP contribution in [0.25, 0.3) is 0 Å². The Balaban J connectivity index is 1.70. The van der Waals surface area contributed by atoms with Gasteiger partial charge in [-0.15, -0.1) is 11.3 Å². The van der Waals surface area contributed by atoms with Gasteiger partial charge in [0.2, 0.25) is 0 Å². The van der Waals surface area contributed by atoms with E-state index >= 15 is 0 Å². The predicted octanol–water partition coefficient (Wildman–Crippen LogP) is 4.38. The zero-order valence-electron chi connectivity index (χ0n) is 19.6. The molecule has 3 heterocycles. The van der Waals surface area contributed by atoms with Crippen LogP contribution < -0.4 is 14.9 Å². The van der Waals surface area contributed by atoms with E-state index in [9.17, 15) is 18.0 Å². The molecular weight excluding hydrogens is 467 g/mol. The molecule has 0 radical (unpaired) electrons. The van der Waals surface area contributed by atoms with Crippen molar-refractivity contribution in [3.63, 3.8) is 0 Å². The Morgan fingerprint density at radius 3 is 2.65 bits per heavy atom. The van der Waals surface area contributed by atoms with E-state index in [1.54, 1.807) is 0 Å². The summed E-state index contributed by atoms with van der Waals surface area (Å²) in [5.74, 6) is -0.370. The molecule has 186 valence electrons. The van der Waals surface area contributed by atoms with E-state index < -0.39 is 17.6 Å². The Bertz CT molecular complexity index is 1090. The first-order valence-electron chi connectivity index (χ1n) is 11.5. The minimum absolute atomic E-state index is 0.0278. The zero-order chi connectivity index (χ0) is 24.5. The molecule has 1 atom stereocenters. The van der Waals surface area contributed by atoms with Crippen LogP contribution in [0, 0.1) is 5.92 Å². The van der Waals surface area contributed by atoms with Crippen molar-refractivity contribution >= 4 is 17.2 Å². The molecule has 0 spiro atoms. The van der Waals surface area contributed by atoms with Crippen LogP contribution in [0.2, 0.25) is 0 Å². The fourth-order valence-electron chi connectivity index (χ4n) is 3.77. The molecule has 1 N–H and O–H groups in total. The number of alkyl halides is 3. The van der Waals surface area contributed by atoms with E-state index in [1.807, 2.05) is 10.8 Å². The number of nitrogens with zero attached hydrogens (tertiary/aromatic N) is 2. The Labute approximate surface area is 200 Å². The van der Waals surface area contributed by atoms with Gasteiger partial charge in [0.25, 0.3) is 5.91 Å². The van der Waals surface area contributed by atoms with Crippen molar-refractivity contribution in [2.24, 2.45) is 10.9 Å². The summed E-state index contributed by atoms with van der Waals surface area (Å²) in [6.07, 6.45) is -0.684. The molecule has 0 saturated carbocycles. The number of hydrogen-bond donors (Lipinski definition) is 1. The molecular formula is C24H30F3N3O3S. The second-order valence-corrected chi connectivity index (χ2v) is 10.9. The van der Waals surface area contributed by atoms with Crippen molar-refractivity contribution in [2.45, 2.75) is 57.9 Å². The first kappa shape index (κ1) is 24.9. The normalized spacial score (nSPS) is 19.9. The maximum atomic E-state index is 13.4. The van der Waals surface area contributed by atoms with Crippen LogP contribution in [0.4, 0.5) is 13.2 Å². The van der Waals surface area contributed by atoms with Gasteiger partial charge in [0.1, 0.15) is 5.75 Å². The molecule has 10 heteroatoms. The second-order valence-electron chi connectivity index (χ2n) is 9.88. The lowest BCUT2D eigenvalue weighted by Gasteiger charge is -2.27. The van der Waals surface area contributed by atoms with E-state index in [4.69, 9.17) is 9.47 Å². The minimum atomic E-state index is -4.58. The Kier molecular flexibility index (Phi) is 7.21. The molecule has 2 saturated heterocycles. The number of aromatic nitrogens is 1. The highest BCUT2D eigenvalue weighted by molar-refractivity contribution is 7.09. The van der Waals surface area contributed by atoms with Crippen molar-refractivity contribution in [1.82, 2.24) is 9.88 Å². The number of carbonyl (C=O) groups excluding carboxylic acids is 1. The van der Waals surface area contributed by atoms with Gasteiger partial charge in [-0.05, 0) is 36.5 Å². The van der Waals surface area contributed by atoms with Gasteiger partial charge < -0.3 is 19.4 Å². The highest BCUT2D eigenvalue weighted by Crippen LogP contribution is 2.33. The van der Waals surface area contributed by atoms with Gasteiger partial charge in [-0.25, -0.2) is 0 Å². The predicted molar refractivity (Wildman–Crippen MR) is 123 cm³/mol. The number of hydrogen-bond acceptors (Lipinski definition) is 5. The first-order chi connectivity index (χ1) is 16.0. The van der Waals surface area contributed by atoms with Gasteiger partial charge >= 0.3 is 6.18 Å². The van der Waals surface area contributed by atoms with Crippen LogP contribution in [0.15, 0.2) is 29.4 Å². The summed E-state index contributed by atoms with van der Waals surface area (Å²) in [6, 6.07) is 2.99. The van der Waals surface area contributed by atoms with Crippen LogP contribution in [0.1, 0.15) is 54.4 Å². The summed E-state index contributed by atoms with van der Waals surface area (Å²) in [5, 5.41) is 3.12. The maximum absolute atomic E-state index is 13.4. The third-order valence-corrected chi connectivity index (χ3v) is 7.40. The number of amides is 1. The lowest BCUT2D eigenvalue weighted by Crippen LogP contribution is -2.45. The van der Waals surface area contributed by atoms with Gasteiger partial charge in [0, 0.05) is 36.7 Å². The Hall–Kier alpha value is -2.17. The molecule has 4 rings (SSSR count). The summed E-state index contributed by atoms with van der Waals surface area (Å²) in [4.78, 5) is 19.0. The van der Waals surface area contributed by atoms with Crippen molar-refractivity contribution in [2.75, 3.05) is 26.3 Å². The number of nitrogens with one attached hydrogen (secondary N) is 1. The third-order valence-electron chi connectivity index (χ3n) is 5.96. The summed E-state index contributed by atoms with van der Waals surface area (Å²) in [5.41, 5.74) is -1.25. The smallest absolute Gasteiger partial charge is 0.416 e. The molecule has 2 aliphatic heterocycles. The lowest BCUT2D eigenvalue weighted by atomic mass is 9.95. The summed E-state index contributed by atoms with van der Waals surface area (Å²) < 4.78 is 53.5. The van der Waals surface area contributed by atoms with Gasteiger partial charge in [0.15, 0.2) is 4.80 Å². The third kappa shape index (κ3) is 5.90. The summed E-state index contributed by atoms with van der Waals surface area (Å²) in [6.45, 7) is 9.32. The van der Waals surface area contributed by atoms with Crippen LogP contribution in [0.5, 0.6) is 5.75 Å². The molecule has 2 aromatic rings. The molecule has 2 aliphatic rings. The van der Waals surface area contributed by atoms with E-state index in [0.29, 0.717) is 24.6 Å². The van der Waals surface area contributed by atoms with Crippen molar-refractivity contribution < 1.29 is 27.4 Å². The standard InChI is InChI=1S/C24H30F3N3O3S/c1-23(2,3)20-13-30(12-17-5-4-8-32-17)22(34-20)29-21(31)18-9-16(24(25,26)27)6-7-19(18)33-14-15-10-28-11-15/h6-7,9,13,15,17,28H,4-5,8,10-12,14H2,1-3H3/t17-/m1/s1. The maximum Gasteiger partial charge on any atom is 0.416 e. The molecule has 34 heavy (non-hydrogen) atoms. The van der Waals surface area contributed by atoms with E-state index in [1.165, 1.54) is 17.4 Å². The highest BCUT2D eigenvalue weighted by atomic mass is 32.1. The molecule has 2 fully saturated rings. The SMILES string of the molecule is CC(C)(C)c1cn(C[C@H]2CCCO2)c(=NC(=O)c2cc(C(F)(F)F)ccc2OCC2CNC2)s1. The fourth-order valence-corrected chi connectivity index (χ4v) is 4.83. The average molecular weight is 498 g/mol. The summed E-state index contributed by atoms with van der Waals surface area (Å²) >= 11 is 1.37. The van der Waals surface area contributed by atoms with Gasteiger partial charge in [-0.3, -0.25) is 4.79 Å². The largest absolute Gasteiger partial charge is 0.492 e. The molecule has 0 unspecified atom stereocenters. The molecule has 1 aromatic heterocycles. The molecule has 0 bridgehead atoms. The number of benzene rings is 1. The van der Waals surface area contributed by atoms with Crippen LogP contribution in [-0.4, -0.2) is 42.9 Å². The van der Waals surface area contributed by atoms with Gasteiger partial charge in [-0.1, -0.05) is 20.8 Å². The number of rotatable bonds is 6. The quantitative estimate of drug-likeness (QED) is 0.643. The van der Waals surface area contributed by atoms with Crippen molar-refractivity contribution in [1.29, 1.82) is 0 Å². The Morgan fingerprint density at radius 2 is 2.06 bits per heavy atom. The monoisotopic (exact) mass is 497 g/mol. The van der Waals surface area contributed by atoms with E-state index in [0.717, 1.165) is 42.9 Å². The molecule has 1 amide bonds. The second kappa shape index (κ2) is 9.83. The average Bonchev–Trinajstić information content (AvgIpc) is 3.36. The number of carbonyl (C=O) groups is 1. The zero-order valence-corrected chi connectivity index (χ0v) is 20.4.